The molecule has 0 spiro atoms. The highest BCUT2D eigenvalue weighted by molar-refractivity contribution is 14.0. The molecule has 3 aromatic rings. The van der Waals surface area contributed by atoms with Gasteiger partial charge in [0, 0.05) is 48.5 Å². The lowest BCUT2D eigenvalue weighted by Gasteiger charge is -2.11. The molecule has 0 aliphatic heterocycles. The molecule has 0 atom stereocenters. The number of benzene rings is 1. The summed E-state index contributed by atoms with van der Waals surface area (Å²) in [6.45, 7) is 5.83. The molecule has 0 saturated heterocycles. The van der Waals surface area contributed by atoms with Crippen molar-refractivity contribution in [2.45, 2.75) is 32.9 Å². The van der Waals surface area contributed by atoms with E-state index in [1.165, 1.54) is 16.5 Å². The van der Waals surface area contributed by atoms with Gasteiger partial charge in [0.2, 0.25) is 0 Å². The maximum Gasteiger partial charge on any atom is 0.434 e. The first-order valence-electron chi connectivity index (χ1n) is 9.48. The van der Waals surface area contributed by atoms with Crippen LogP contribution in [0.3, 0.4) is 0 Å². The van der Waals surface area contributed by atoms with Crippen molar-refractivity contribution in [2.24, 2.45) is 4.99 Å². The third-order valence-corrected chi connectivity index (χ3v) is 5.37. The van der Waals surface area contributed by atoms with Crippen molar-refractivity contribution in [1.82, 2.24) is 20.6 Å². The van der Waals surface area contributed by atoms with Gasteiger partial charge in [-0.25, -0.2) is 4.98 Å². The molecule has 0 unspecified atom stereocenters. The summed E-state index contributed by atoms with van der Waals surface area (Å²) in [5.41, 5.74) is 2.77. The van der Waals surface area contributed by atoms with Crippen molar-refractivity contribution < 1.29 is 13.2 Å². The average molecular weight is 551 g/mol. The molecule has 0 saturated carbocycles. The van der Waals surface area contributed by atoms with Gasteiger partial charge >= 0.3 is 6.18 Å². The maximum atomic E-state index is 12.6. The van der Waals surface area contributed by atoms with E-state index in [0.717, 1.165) is 28.7 Å². The Morgan fingerprint density at radius 2 is 2.03 bits per heavy atom. The van der Waals surface area contributed by atoms with E-state index in [-0.39, 0.29) is 24.0 Å². The molecule has 1 aromatic carbocycles. The van der Waals surface area contributed by atoms with Crippen molar-refractivity contribution in [3.8, 4) is 0 Å². The van der Waals surface area contributed by atoms with Crippen molar-refractivity contribution in [1.29, 1.82) is 0 Å². The number of thiazole rings is 1. The number of nitrogens with one attached hydrogen (secondary N) is 3. The lowest BCUT2D eigenvalue weighted by molar-refractivity contribution is -0.140. The molecule has 2 heterocycles. The van der Waals surface area contributed by atoms with E-state index in [9.17, 15) is 13.2 Å². The van der Waals surface area contributed by atoms with E-state index < -0.39 is 11.9 Å². The normalized spacial score (nSPS) is 12.1. The van der Waals surface area contributed by atoms with Crippen LogP contribution in [0, 0.1) is 6.92 Å². The van der Waals surface area contributed by atoms with E-state index in [4.69, 9.17) is 0 Å². The summed E-state index contributed by atoms with van der Waals surface area (Å²) in [7, 11) is 0. The molecule has 3 rings (SSSR count). The van der Waals surface area contributed by atoms with Gasteiger partial charge in [-0.1, -0.05) is 12.1 Å². The van der Waals surface area contributed by atoms with Gasteiger partial charge in [-0.2, -0.15) is 13.2 Å². The lowest BCUT2D eigenvalue weighted by Crippen LogP contribution is -2.38. The monoisotopic (exact) mass is 551 g/mol. The van der Waals surface area contributed by atoms with Crippen LogP contribution in [0.1, 0.15) is 28.8 Å². The number of H-pyrrole nitrogens is 1. The number of halogens is 4. The molecule has 0 radical (unpaired) electrons. The molecule has 0 aliphatic rings. The van der Waals surface area contributed by atoms with Gasteiger partial charge in [0.05, 0.1) is 5.01 Å². The number of aryl methyl sites for hydroxylation is 1. The molecule has 0 fully saturated rings. The molecular weight excluding hydrogens is 526 g/mol. The number of aromatic nitrogens is 2. The molecular formula is C20H25F3IN5S. The van der Waals surface area contributed by atoms with Gasteiger partial charge in [-0.15, -0.1) is 35.3 Å². The molecule has 10 heteroatoms. The largest absolute Gasteiger partial charge is 0.434 e. The quantitative estimate of drug-likeness (QED) is 0.222. The summed E-state index contributed by atoms with van der Waals surface area (Å²) in [5, 5.41) is 9.18. The first kappa shape index (κ1) is 24.4. The van der Waals surface area contributed by atoms with Crippen LogP contribution in [0.2, 0.25) is 0 Å². The second-order valence-corrected chi connectivity index (χ2v) is 7.57. The fraction of sp³-hybridized carbons (Fsp3) is 0.400. The SMILES string of the molecule is CCNC(=NCCc1nc(C(F)(F)F)cs1)NCCc1c[nH]c2cccc(C)c12.I. The highest BCUT2D eigenvalue weighted by Gasteiger charge is 2.33. The van der Waals surface area contributed by atoms with Crippen molar-refractivity contribution in [2.75, 3.05) is 19.6 Å². The number of guanidine groups is 1. The minimum Gasteiger partial charge on any atom is -0.361 e. The van der Waals surface area contributed by atoms with Crippen LogP contribution in [0.4, 0.5) is 13.2 Å². The predicted molar refractivity (Wildman–Crippen MR) is 127 cm³/mol. The lowest BCUT2D eigenvalue weighted by atomic mass is 10.1. The smallest absolute Gasteiger partial charge is 0.361 e. The Labute approximate surface area is 194 Å². The number of nitrogens with zero attached hydrogens (tertiary/aromatic N) is 2. The number of alkyl halides is 3. The minimum absolute atomic E-state index is 0. The first-order valence-corrected chi connectivity index (χ1v) is 10.4. The van der Waals surface area contributed by atoms with Crippen molar-refractivity contribution in [3.63, 3.8) is 0 Å². The van der Waals surface area contributed by atoms with E-state index in [1.54, 1.807) is 0 Å². The molecule has 30 heavy (non-hydrogen) atoms. The van der Waals surface area contributed by atoms with Crippen molar-refractivity contribution in [3.05, 3.63) is 51.6 Å². The Kier molecular flexibility index (Phi) is 8.95. The van der Waals surface area contributed by atoms with Crippen LogP contribution in [0.15, 0.2) is 34.8 Å². The van der Waals surface area contributed by atoms with Crippen molar-refractivity contribution >= 4 is 52.2 Å². The summed E-state index contributed by atoms with van der Waals surface area (Å²) >= 11 is 1.02. The van der Waals surface area contributed by atoms with Gasteiger partial charge < -0.3 is 15.6 Å². The van der Waals surface area contributed by atoms with E-state index >= 15 is 0 Å². The summed E-state index contributed by atoms with van der Waals surface area (Å²) < 4.78 is 37.9. The van der Waals surface area contributed by atoms with Gasteiger partial charge in [-0.05, 0) is 37.5 Å². The molecule has 0 bridgehead atoms. The molecule has 0 aliphatic carbocycles. The zero-order valence-corrected chi connectivity index (χ0v) is 19.9. The summed E-state index contributed by atoms with van der Waals surface area (Å²) in [6, 6.07) is 6.20. The van der Waals surface area contributed by atoms with E-state index in [0.29, 0.717) is 37.0 Å². The Morgan fingerprint density at radius 3 is 2.73 bits per heavy atom. The van der Waals surface area contributed by atoms with Crippen LogP contribution in [0.25, 0.3) is 10.9 Å². The zero-order valence-electron chi connectivity index (χ0n) is 16.8. The van der Waals surface area contributed by atoms with Crippen LogP contribution in [-0.4, -0.2) is 35.6 Å². The third-order valence-electron chi connectivity index (χ3n) is 4.46. The number of fused-ring (bicyclic) bond motifs is 1. The molecule has 2 aromatic heterocycles. The van der Waals surface area contributed by atoms with Gasteiger partial charge in [0.25, 0.3) is 0 Å². The molecule has 5 nitrogen and oxygen atoms in total. The Morgan fingerprint density at radius 1 is 1.23 bits per heavy atom. The highest BCUT2D eigenvalue weighted by atomic mass is 127. The Bertz CT molecular complexity index is 980. The van der Waals surface area contributed by atoms with E-state index in [1.807, 2.05) is 19.2 Å². The minimum atomic E-state index is -4.39. The topological polar surface area (TPSA) is 65.1 Å². The Balaban J connectivity index is 0.00000320. The van der Waals surface area contributed by atoms with Crippen LogP contribution in [0.5, 0.6) is 0 Å². The standard InChI is InChI=1S/C20H24F3N5S.HI/c1-3-24-19(26-10-8-17-28-16(12-29-17)20(21,22)23)25-9-7-14-11-27-15-6-4-5-13(2)18(14)15;/h4-6,11-12,27H,3,7-10H2,1-2H3,(H2,24,25,26);1H. The van der Waals surface area contributed by atoms with E-state index in [2.05, 4.69) is 44.7 Å². The third kappa shape index (κ3) is 6.34. The van der Waals surface area contributed by atoms with Gasteiger partial charge in [-0.3, -0.25) is 4.99 Å². The fourth-order valence-electron chi connectivity index (χ4n) is 3.13. The second-order valence-electron chi connectivity index (χ2n) is 6.62. The second kappa shape index (κ2) is 11.0. The number of hydrogen-bond donors (Lipinski definition) is 3. The molecule has 0 amide bonds. The number of hydrogen-bond acceptors (Lipinski definition) is 3. The molecule has 164 valence electrons. The summed E-state index contributed by atoms with van der Waals surface area (Å²) in [6.07, 6.45) is -1.16. The van der Waals surface area contributed by atoms with Gasteiger partial charge in [0.1, 0.15) is 0 Å². The predicted octanol–water partition coefficient (Wildman–Crippen LogP) is 4.91. The summed E-state index contributed by atoms with van der Waals surface area (Å²) in [5.74, 6) is 0.650. The maximum absolute atomic E-state index is 12.6. The van der Waals surface area contributed by atoms with Gasteiger partial charge in [0.15, 0.2) is 11.7 Å². The first-order chi connectivity index (χ1) is 13.9. The number of rotatable bonds is 7. The number of aromatic amines is 1. The van der Waals surface area contributed by atoms with Crippen LogP contribution in [-0.2, 0) is 19.0 Å². The highest BCUT2D eigenvalue weighted by Crippen LogP contribution is 2.30. The fourth-order valence-corrected chi connectivity index (χ4v) is 3.92. The summed E-state index contributed by atoms with van der Waals surface area (Å²) in [4.78, 5) is 11.4. The molecule has 3 N–H and O–H groups in total. The van der Waals surface area contributed by atoms with Crippen LogP contribution < -0.4 is 10.6 Å². The number of aliphatic imine (C=N–C) groups is 1. The zero-order chi connectivity index (χ0) is 20.9. The Hall–Kier alpha value is -1.82. The average Bonchev–Trinajstić information content (AvgIpc) is 3.30. The van der Waals surface area contributed by atoms with Crippen LogP contribution >= 0.6 is 35.3 Å².